The molecule has 0 spiro atoms. The van der Waals surface area contributed by atoms with Gasteiger partial charge in [0.05, 0.1) is 5.92 Å². The predicted octanol–water partition coefficient (Wildman–Crippen LogP) is 5.79. The second-order valence-corrected chi connectivity index (χ2v) is 9.14. The molecule has 23 heavy (non-hydrogen) atoms. The molecule has 0 aliphatic heterocycles. The fourth-order valence-corrected chi connectivity index (χ4v) is 2.46. The van der Waals surface area contributed by atoms with Crippen LogP contribution in [0.4, 0.5) is 0 Å². The molecule has 2 heteroatoms. The molecule has 1 aromatic carbocycles. The first kappa shape index (κ1) is 19.7. The third kappa shape index (κ3) is 4.83. The molecule has 0 saturated heterocycles. The van der Waals surface area contributed by atoms with Gasteiger partial charge in [-0.3, -0.25) is 4.79 Å². The predicted molar refractivity (Wildman–Crippen MR) is 98.2 cm³/mol. The van der Waals surface area contributed by atoms with E-state index < -0.39 is 0 Å². The van der Waals surface area contributed by atoms with Crippen LogP contribution in [0.1, 0.15) is 79.0 Å². The number of hydrogen-bond acceptors (Lipinski definition) is 2. The average Bonchev–Trinajstić information content (AvgIpc) is 2.36. The molecule has 0 radical (unpaired) electrons. The molecule has 0 aromatic heterocycles. The van der Waals surface area contributed by atoms with Crippen molar-refractivity contribution >= 4 is 5.97 Å². The number of ether oxygens (including phenoxy) is 1. The minimum atomic E-state index is -0.139. The number of carbonyl (C=O) groups excluding carboxylic acids is 1. The molecule has 0 bridgehead atoms. The summed E-state index contributed by atoms with van der Waals surface area (Å²) in [6.07, 6.45) is 0. The van der Waals surface area contributed by atoms with Crippen molar-refractivity contribution in [3.8, 4) is 5.75 Å². The fraction of sp³-hybridized carbons (Fsp3) is 0.667. The van der Waals surface area contributed by atoms with Crippen LogP contribution in [-0.4, -0.2) is 5.97 Å². The highest BCUT2D eigenvalue weighted by Crippen LogP contribution is 2.41. The molecule has 0 aliphatic carbocycles. The zero-order valence-electron chi connectivity index (χ0n) is 16.6. The van der Waals surface area contributed by atoms with E-state index in [1.807, 2.05) is 6.92 Å². The monoisotopic (exact) mass is 318 g/mol. The molecule has 130 valence electrons. The van der Waals surface area contributed by atoms with Crippen molar-refractivity contribution in [2.75, 3.05) is 0 Å². The smallest absolute Gasteiger partial charge is 0.314 e. The summed E-state index contributed by atoms with van der Waals surface area (Å²) in [5.41, 5.74) is 3.25. The maximum atomic E-state index is 12.6. The Morgan fingerprint density at radius 2 is 1.30 bits per heavy atom. The van der Waals surface area contributed by atoms with Gasteiger partial charge in [0.15, 0.2) is 0 Å². The first-order chi connectivity index (χ1) is 10.2. The number of hydrogen-bond donors (Lipinski definition) is 0. The van der Waals surface area contributed by atoms with Gasteiger partial charge in [-0.05, 0) is 23.7 Å². The van der Waals surface area contributed by atoms with Crippen LogP contribution in [0.2, 0.25) is 0 Å². The van der Waals surface area contributed by atoms with Crippen molar-refractivity contribution < 1.29 is 9.53 Å². The van der Waals surface area contributed by atoms with Gasteiger partial charge in [0.1, 0.15) is 5.75 Å². The fourth-order valence-electron chi connectivity index (χ4n) is 2.46. The molecule has 0 heterocycles. The largest absolute Gasteiger partial charge is 0.426 e. The maximum Gasteiger partial charge on any atom is 0.314 e. The Hall–Kier alpha value is -1.31. The van der Waals surface area contributed by atoms with Gasteiger partial charge in [0, 0.05) is 11.1 Å². The molecule has 1 rings (SSSR count). The van der Waals surface area contributed by atoms with Crippen molar-refractivity contribution in [3.63, 3.8) is 0 Å². The number of esters is 1. The third-order valence-electron chi connectivity index (χ3n) is 4.42. The standard InChI is InChI=1S/C21H34O2/c1-13(2)15(4)19(22)23-18-16(20(5,6)7)11-14(3)12-17(18)21(8,9)10/h11-13,15H,1-10H3. The number of carbonyl (C=O) groups is 1. The van der Waals surface area contributed by atoms with Gasteiger partial charge in [-0.15, -0.1) is 0 Å². The highest BCUT2D eigenvalue weighted by atomic mass is 16.5. The highest BCUT2D eigenvalue weighted by Gasteiger charge is 2.30. The van der Waals surface area contributed by atoms with Crippen LogP contribution in [-0.2, 0) is 15.6 Å². The molecule has 1 aromatic rings. The van der Waals surface area contributed by atoms with E-state index in [-0.39, 0.29) is 28.6 Å². The summed E-state index contributed by atoms with van der Waals surface area (Å²) in [4.78, 5) is 12.6. The van der Waals surface area contributed by atoms with Gasteiger partial charge >= 0.3 is 5.97 Å². The first-order valence-electron chi connectivity index (χ1n) is 8.62. The van der Waals surface area contributed by atoms with E-state index in [0.29, 0.717) is 0 Å². The SMILES string of the molecule is Cc1cc(C(C)(C)C)c(OC(=O)C(C)C(C)C)c(C(C)(C)C)c1. The van der Waals surface area contributed by atoms with Crippen molar-refractivity contribution in [2.24, 2.45) is 11.8 Å². The van der Waals surface area contributed by atoms with E-state index in [9.17, 15) is 4.79 Å². The van der Waals surface area contributed by atoms with Crippen LogP contribution >= 0.6 is 0 Å². The van der Waals surface area contributed by atoms with Crippen LogP contribution in [0.15, 0.2) is 12.1 Å². The maximum absolute atomic E-state index is 12.6. The van der Waals surface area contributed by atoms with E-state index in [1.165, 1.54) is 5.56 Å². The van der Waals surface area contributed by atoms with Crippen LogP contribution in [0.25, 0.3) is 0 Å². The summed E-state index contributed by atoms with van der Waals surface area (Å²) in [7, 11) is 0. The summed E-state index contributed by atoms with van der Waals surface area (Å²) < 4.78 is 5.97. The Balaban J connectivity index is 3.51. The summed E-state index contributed by atoms with van der Waals surface area (Å²) in [6, 6.07) is 4.30. The zero-order valence-corrected chi connectivity index (χ0v) is 16.6. The van der Waals surface area contributed by atoms with Gasteiger partial charge in [0.2, 0.25) is 0 Å². The second-order valence-electron chi connectivity index (χ2n) is 9.14. The number of aryl methyl sites for hydroxylation is 1. The Labute approximate surface area is 142 Å². The molecule has 2 nitrogen and oxygen atoms in total. The molecule has 1 unspecified atom stereocenters. The molecular formula is C21H34O2. The molecule has 1 atom stereocenters. The lowest BCUT2D eigenvalue weighted by Gasteiger charge is -2.30. The topological polar surface area (TPSA) is 26.3 Å². The first-order valence-corrected chi connectivity index (χ1v) is 8.62. The molecule has 0 fully saturated rings. The molecule has 0 amide bonds. The van der Waals surface area contributed by atoms with Crippen LogP contribution in [0.5, 0.6) is 5.75 Å². The lowest BCUT2D eigenvalue weighted by atomic mass is 9.78. The molecule has 0 aliphatic rings. The third-order valence-corrected chi connectivity index (χ3v) is 4.42. The van der Waals surface area contributed by atoms with Crippen molar-refractivity contribution in [1.82, 2.24) is 0 Å². The van der Waals surface area contributed by atoms with Crippen molar-refractivity contribution in [1.29, 1.82) is 0 Å². The molecular weight excluding hydrogens is 284 g/mol. The van der Waals surface area contributed by atoms with Gasteiger partial charge in [0.25, 0.3) is 0 Å². The summed E-state index contributed by atoms with van der Waals surface area (Å²) in [5.74, 6) is 0.772. The molecule has 0 saturated carbocycles. The Bertz CT molecular complexity index is 533. The normalized spacial score (nSPS) is 14.0. The van der Waals surface area contributed by atoms with Crippen molar-refractivity contribution in [2.45, 2.75) is 80.1 Å². The summed E-state index contributed by atoms with van der Waals surface area (Å²) in [5, 5.41) is 0. The van der Waals surface area contributed by atoms with E-state index >= 15 is 0 Å². The van der Waals surface area contributed by atoms with Gasteiger partial charge in [-0.1, -0.05) is 80.0 Å². The van der Waals surface area contributed by atoms with Gasteiger partial charge in [-0.2, -0.15) is 0 Å². The minimum absolute atomic E-state index is 0.0807. The lowest BCUT2D eigenvalue weighted by molar-refractivity contribution is -0.139. The Morgan fingerprint density at radius 1 is 0.913 bits per heavy atom. The van der Waals surface area contributed by atoms with E-state index in [1.54, 1.807) is 0 Å². The van der Waals surface area contributed by atoms with Crippen LogP contribution < -0.4 is 4.74 Å². The van der Waals surface area contributed by atoms with E-state index in [0.717, 1.165) is 16.9 Å². The van der Waals surface area contributed by atoms with E-state index in [4.69, 9.17) is 4.74 Å². The van der Waals surface area contributed by atoms with Gasteiger partial charge < -0.3 is 4.74 Å². The lowest BCUT2D eigenvalue weighted by Crippen LogP contribution is -2.26. The van der Waals surface area contributed by atoms with E-state index in [2.05, 4.69) is 74.4 Å². The second kappa shape index (κ2) is 6.67. The zero-order chi connectivity index (χ0) is 18.2. The van der Waals surface area contributed by atoms with Crippen LogP contribution in [0, 0.1) is 18.8 Å². The quantitative estimate of drug-likeness (QED) is 0.521. The molecule has 0 N–H and O–H groups in total. The Morgan fingerprint density at radius 3 is 1.61 bits per heavy atom. The Kier molecular flexibility index (Phi) is 5.72. The summed E-state index contributed by atoms with van der Waals surface area (Å²) in [6.45, 7) is 21.1. The highest BCUT2D eigenvalue weighted by molar-refractivity contribution is 5.76. The van der Waals surface area contributed by atoms with Crippen LogP contribution in [0.3, 0.4) is 0 Å². The number of benzene rings is 1. The minimum Gasteiger partial charge on any atom is -0.426 e. The van der Waals surface area contributed by atoms with Crippen molar-refractivity contribution in [3.05, 3.63) is 28.8 Å². The van der Waals surface area contributed by atoms with Gasteiger partial charge in [-0.25, -0.2) is 0 Å². The average molecular weight is 319 g/mol. The summed E-state index contributed by atoms with van der Waals surface area (Å²) >= 11 is 0. The number of rotatable bonds is 3.